The highest BCUT2D eigenvalue weighted by Gasteiger charge is 2.27. The summed E-state index contributed by atoms with van der Waals surface area (Å²) in [5, 5.41) is 0. The molecular formula is C21H26N2O3. The van der Waals surface area contributed by atoms with Crippen LogP contribution in [0, 0.1) is 12.8 Å². The zero-order valence-corrected chi connectivity index (χ0v) is 15.7. The van der Waals surface area contributed by atoms with Crippen molar-refractivity contribution in [1.29, 1.82) is 0 Å². The molecule has 0 saturated carbocycles. The Morgan fingerprint density at radius 3 is 2.73 bits per heavy atom. The van der Waals surface area contributed by atoms with Gasteiger partial charge < -0.3 is 9.47 Å². The molecule has 0 aliphatic carbocycles. The molecule has 0 radical (unpaired) electrons. The number of ether oxygens (including phenoxy) is 2. The van der Waals surface area contributed by atoms with Crippen LogP contribution in [0.4, 0.5) is 0 Å². The van der Waals surface area contributed by atoms with E-state index in [4.69, 9.17) is 9.47 Å². The fraction of sp³-hybridized carbons (Fsp3) is 0.429. The lowest BCUT2D eigenvalue weighted by Crippen LogP contribution is -2.38. The molecule has 0 amide bonds. The lowest BCUT2D eigenvalue weighted by Gasteiger charge is -2.31. The van der Waals surface area contributed by atoms with Crippen LogP contribution in [0.5, 0.6) is 11.5 Å². The van der Waals surface area contributed by atoms with Gasteiger partial charge in [-0.15, -0.1) is 0 Å². The number of hydrogen-bond acceptors (Lipinski definition) is 5. The van der Waals surface area contributed by atoms with Crippen molar-refractivity contribution >= 4 is 5.78 Å². The van der Waals surface area contributed by atoms with E-state index in [0.717, 1.165) is 43.9 Å². The van der Waals surface area contributed by atoms with Gasteiger partial charge in [-0.1, -0.05) is 6.07 Å². The first-order chi connectivity index (χ1) is 12.6. The molecule has 2 heterocycles. The summed E-state index contributed by atoms with van der Waals surface area (Å²) in [6.07, 6.45) is 1.94. The van der Waals surface area contributed by atoms with Gasteiger partial charge in [0.15, 0.2) is 17.3 Å². The van der Waals surface area contributed by atoms with E-state index in [1.165, 1.54) is 0 Å². The smallest absolute Gasteiger partial charge is 0.167 e. The lowest BCUT2D eigenvalue weighted by atomic mass is 9.89. The topological polar surface area (TPSA) is 51.7 Å². The maximum atomic E-state index is 13.0. The molecule has 2 aromatic rings. The van der Waals surface area contributed by atoms with E-state index in [-0.39, 0.29) is 11.7 Å². The second-order valence-electron chi connectivity index (χ2n) is 6.78. The maximum absolute atomic E-state index is 13.0. The first kappa shape index (κ1) is 18.4. The number of ketones is 1. The number of hydrogen-bond donors (Lipinski definition) is 0. The number of aromatic nitrogens is 1. The Kier molecular flexibility index (Phi) is 5.89. The lowest BCUT2D eigenvalue weighted by molar-refractivity contribution is 0.0809. The highest BCUT2D eigenvalue weighted by molar-refractivity contribution is 5.98. The van der Waals surface area contributed by atoms with Gasteiger partial charge in [0, 0.05) is 30.3 Å². The van der Waals surface area contributed by atoms with Crippen molar-refractivity contribution in [3.05, 3.63) is 53.3 Å². The van der Waals surface area contributed by atoms with Crippen LogP contribution in [0.15, 0.2) is 36.4 Å². The number of pyridine rings is 1. The maximum Gasteiger partial charge on any atom is 0.167 e. The van der Waals surface area contributed by atoms with Gasteiger partial charge in [-0.05, 0) is 56.6 Å². The number of carbonyl (C=O) groups is 1. The summed E-state index contributed by atoms with van der Waals surface area (Å²) >= 11 is 0. The summed E-state index contributed by atoms with van der Waals surface area (Å²) in [6, 6.07) is 11.5. The predicted molar refractivity (Wildman–Crippen MR) is 101 cm³/mol. The van der Waals surface area contributed by atoms with E-state index in [2.05, 4.69) is 9.88 Å². The first-order valence-electron chi connectivity index (χ1n) is 9.02. The molecule has 1 fully saturated rings. The third-order valence-electron chi connectivity index (χ3n) is 4.88. The second kappa shape index (κ2) is 8.32. The minimum absolute atomic E-state index is 0.00617. The Morgan fingerprint density at radius 2 is 2.00 bits per heavy atom. The van der Waals surface area contributed by atoms with Gasteiger partial charge in [0.2, 0.25) is 0 Å². The molecule has 3 rings (SSSR count). The zero-order valence-electron chi connectivity index (χ0n) is 15.7. The molecule has 1 atom stereocenters. The number of methoxy groups -OCH3 is 2. The van der Waals surface area contributed by atoms with E-state index >= 15 is 0 Å². The molecule has 26 heavy (non-hydrogen) atoms. The van der Waals surface area contributed by atoms with Crippen LogP contribution in [0.25, 0.3) is 0 Å². The number of carbonyl (C=O) groups excluding carboxylic acids is 1. The highest BCUT2D eigenvalue weighted by Crippen LogP contribution is 2.30. The average molecular weight is 354 g/mol. The number of Topliss-reactive ketones (excluding diaryl/α,β-unsaturated/α-hetero) is 1. The molecule has 138 valence electrons. The van der Waals surface area contributed by atoms with Crippen molar-refractivity contribution in [1.82, 2.24) is 9.88 Å². The minimum Gasteiger partial charge on any atom is -0.493 e. The van der Waals surface area contributed by atoms with Gasteiger partial charge in [0.25, 0.3) is 0 Å². The number of nitrogens with zero attached hydrogens (tertiary/aromatic N) is 2. The molecular weight excluding hydrogens is 328 g/mol. The van der Waals surface area contributed by atoms with Crippen molar-refractivity contribution in [2.24, 2.45) is 5.92 Å². The van der Waals surface area contributed by atoms with Crippen LogP contribution in [0.3, 0.4) is 0 Å². The first-order valence-corrected chi connectivity index (χ1v) is 9.02. The summed E-state index contributed by atoms with van der Waals surface area (Å²) in [5.74, 6) is 1.41. The Hall–Kier alpha value is -2.40. The van der Waals surface area contributed by atoms with Crippen LogP contribution in [0.2, 0.25) is 0 Å². The Labute approximate surface area is 155 Å². The number of piperidine rings is 1. The second-order valence-corrected chi connectivity index (χ2v) is 6.78. The fourth-order valence-corrected chi connectivity index (χ4v) is 3.56. The van der Waals surface area contributed by atoms with Crippen molar-refractivity contribution in [2.75, 3.05) is 27.3 Å². The summed E-state index contributed by atoms with van der Waals surface area (Å²) in [6.45, 7) is 4.56. The summed E-state index contributed by atoms with van der Waals surface area (Å²) in [5.41, 5.74) is 2.77. The van der Waals surface area contributed by atoms with Crippen molar-refractivity contribution in [2.45, 2.75) is 26.3 Å². The van der Waals surface area contributed by atoms with Crippen LogP contribution in [-0.2, 0) is 6.54 Å². The van der Waals surface area contributed by atoms with Gasteiger partial charge in [0.1, 0.15) is 0 Å². The molecule has 1 unspecified atom stereocenters. The van der Waals surface area contributed by atoms with Gasteiger partial charge in [-0.3, -0.25) is 14.7 Å². The summed E-state index contributed by atoms with van der Waals surface area (Å²) in [7, 11) is 3.18. The predicted octanol–water partition coefficient (Wildman–Crippen LogP) is 3.50. The highest BCUT2D eigenvalue weighted by atomic mass is 16.5. The van der Waals surface area contributed by atoms with E-state index in [1.54, 1.807) is 26.4 Å². The van der Waals surface area contributed by atoms with E-state index in [1.807, 2.05) is 31.2 Å². The molecule has 1 saturated heterocycles. The van der Waals surface area contributed by atoms with Crippen molar-refractivity contribution < 1.29 is 14.3 Å². The van der Waals surface area contributed by atoms with Crippen LogP contribution in [-0.4, -0.2) is 43.0 Å². The molecule has 0 N–H and O–H groups in total. The largest absolute Gasteiger partial charge is 0.493 e. The summed E-state index contributed by atoms with van der Waals surface area (Å²) in [4.78, 5) is 19.9. The molecule has 1 aromatic carbocycles. The minimum atomic E-state index is 0.00617. The zero-order chi connectivity index (χ0) is 18.5. The SMILES string of the molecule is COc1ccc(C(=O)C2CCCN(Cc3cccc(C)n3)C2)cc1OC. The van der Waals surface area contributed by atoms with Crippen LogP contribution < -0.4 is 9.47 Å². The van der Waals surface area contributed by atoms with Crippen LogP contribution >= 0.6 is 0 Å². The Balaban J connectivity index is 1.70. The van der Waals surface area contributed by atoms with E-state index < -0.39 is 0 Å². The number of rotatable bonds is 6. The molecule has 1 aromatic heterocycles. The molecule has 1 aliphatic heterocycles. The van der Waals surface area contributed by atoms with Gasteiger partial charge >= 0.3 is 0 Å². The summed E-state index contributed by atoms with van der Waals surface area (Å²) < 4.78 is 10.6. The van der Waals surface area contributed by atoms with Crippen molar-refractivity contribution in [3.63, 3.8) is 0 Å². The molecule has 5 nitrogen and oxygen atoms in total. The van der Waals surface area contributed by atoms with Gasteiger partial charge in [-0.2, -0.15) is 0 Å². The fourth-order valence-electron chi connectivity index (χ4n) is 3.56. The Morgan fingerprint density at radius 1 is 1.19 bits per heavy atom. The Bertz CT molecular complexity index is 776. The third kappa shape index (κ3) is 4.22. The third-order valence-corrected chi connectivity index (χ3v) is 4.88. The molecule has 0 bridgehead atoms. The monoisotopic (exact) mass is 354 g/mol. The van der Waals surface area contributed by atoms with Crippen LogP contribution in [0.1, 0.15) is 34.6 Å². The van der Waals surface area contributed by atoms with Gasteiger partial charge in [0.05, 0.1) is 19.9 Å². The number of benzene rings is 1. The molecule has 0 spiro atoms. The average Bonchev–Trinajstić information content (AvgIpc) is 2.67. The van der Waals surface area contributed by atoms with Crippen molar-refractivity contribution in [3.8, 4) is 11.5 Å². The molecule has 1 aliphatic rings. The molecule has 5 heteroatoms. The number of likely N-dealkylation sites (tertiary alicyclic amines) is 1. The number of aryl methyl sites for hydroxylation is 1. The van der Waals surface area contributed by atoms with E-state index in [0.29, 0.717) is 17.1 Å². The normalized spacial score (nSPS) is 17.7. The van der Waals surface area contributed by atoms with Gasteiger partial charge in [-0.25, -0.2) is 0 Å². The quantitative estimate of drug-likeness (QED) is 0.743. The van der Waals surface area contributed by atoms with E-state index in [9.17, 15) is 4.79 Å². The standard InChI is InChI=1S/C21H26N2O3/c1-15-6-4-8-18(22-15)14-23-11-5-7-17(13-23)21(24)16-9-10-19(25-2)20(12-16)26-3/h4,6,8-10,12,17H,5,7,11,13-14H2,1-3H3.